The zero-order valence-corrected chi connectivity index (χ0v) is 18.2. The lowest BCUT2D eigenvalue weighted by atomic mass is 10.2. The van der Waals surface area contributed by atoms with Gasteiger partial charge in [0.15, 0.2) is 6.54 Å². The normalized spacial score (nSPS) is 18.6. The molecule has 3 rings (SSSR count). The van der Waals surface area contributed by atoms with Gasteiger partial charge in [-0.25, -0.2) is 4.79 Å². The van der Waals surface area contributed by atoms with Crippen molar-refractivity contribution in [2.75, 3.05) is 51.2 Å². The smallest absolute Gasteiger partial charge is 0.338 e. The molecule has 6 nitrogen and oxygen atoms in total. The Kier molecular flexibility index (Phi) is 8.82. The van der Waals surface area contributed by atoms with Crippen LogP contribution in [0, 0.1) is 0 Å². The van der Waals surface area contributed by atoms with Gasteiger partial charge in [0.2, 0.25) is 0 Å². The Morgan fingerprint density at radius 3 is 2.32 bits per heavy atom. The first-order valence-electron chi connectivity index (χ1n) is 11.1. The lowest BCUT2D eigenvalue weighted by Crippen LogP contribution is -3.28. The second kappa shape index (κ2) is 12.0. The van der Waals surface area contributed by atoms with Gasteiger partial charge in [-0.15, -0.1) is 0 Å². The molecule has 164 valence electrons. The van der Waals surface area contributed by atoms with Crippen LogP contribution in [0.25, 0.3) is 6.08 Å². The van der Waals surface area contributed by atoms with Crippen molar-refractivity contribution in [1.29, 1.82) is 0 Å². The summed E-state index contributed by atoms with van der Waals surface area (Å²) >= 11 is 0. The van der Waals surface area contributed by atoms with Gasteiger partial charge >= 0.3 is 5.97 Å². The molecular formula is C25H33N3O3+2. The molecule has 2 aromatic carbocycles. The van der Waals surface area contributed by atoms with E-state index in [0.717, 1.165) is 39.1 Å². The van der Waals surface area contributed by atoms with Crippen LogP contribution in [-0.4, -0.2) is 57.8 Å². The predicted molar refractivity (Wildman–Crippen MR) is 122 cm³/mol. The highest BCUT2D eigenvalue weighted by molar-refractivity contribution is 5.93. The Labute approximate surface area is 184 Å². The second-order valence-corrected chi connectivity index (χ2v) is 7.96. The van der Waals surface area contributed by atoms with Crippen molar-refractivity contribution in [2.45, 2.75) is 13.3 Å². The summed E-state index contributed by atoms with van der Waals surface area (Å²) in [6.45, 7) is 7.96. The van der Waals surface area contributed by atoms with Crippen molar-refractivity contribution >= 4 is 23.6 Å². The fraction of sp³-hybridized carbons (Fsp3) is 0.360. The van der Waals surface area contributed by atoms with Crippen molar-refractivity contribution < 1.29 is 24.1 Å². The molecule has 1 heterocycles. The number of amides is 1. The van der Waals surface area contributed by atoms with Gasteiger partial charge in [0, 0.05) is 5.69 Å². The van der Waals surface area contributed by atoms with Gasteiger partial charge in [0.05, 0.1) is 18.7 Å². The molecule has 3 N–H and O–H groups in total. The minimum atomic E-state index is -0.330. The molecule has 0 radical (unpaired) electrons. The van der Waals surface area contributed by atoms with Crippen LogP contribution in [0.4, 0.5) is 5.69 Å². The zero-order chi connectivity index (χ0) is 21.9. The van der Waals surface area contributed by atoms with E-state index in [1.165, 1.54) is 10.5 Å². The maximum absolute atomic E-state index is 12.4. The lowest BCUT2D eigenvalue weighted by molar-refractivity contribution is -1.01. The molecule has 0 aromatic heterocycles. The number of rotatable bonds is 9. The molecule has 1 aliphatic heterocycles. The van der Waals surface area contributed by atoms with Gasteiger partial charge < -0.3 is 19.9 Å². The number of anilines is 1. The molecule has 0 spiro atoms. The fourth-order valence-corrected chi connectivity index (χ4v) is 3.66. The Bertz CT molecular complexity index is 857. The van der Waals surface area contributed by atoms with Gasteiger partial charge in [-0.2, -0.15) is 0 Å². The van der Waals surface area contributed by atoms with Crippen molar-refractivity contribution in [2.24, 2.45) is 0 Å². The van der Waals surface area contributed by atoms with E-state index in [1.54, 1.807) is 29.2 Å². The van der Waals surface area contributed by atoms with E-state index >= 15 is 0 Å². The van der Waals surface area contributed by atoms with E-state index in [4.69, 9.17) is 4.74 Å². The van der Waals surface area contributed by atoms with E-state index in [2.05, 4.69) is 41.7 Å². The van der Waals surface area contributed by atoms with Gasteiger partial charge in [-0.05, 0) is 42.3 Å². The van der Waals surface area contributed by atoms with E-state index in [1.807, 2.05) is 13.0 Å². The minimum Gasteiger partial charge on any atom is -0.462 e. The average Bonchev–Trinajstić information content (AvgIpc) is 2.80. The first-order chi connectivity index (χ1) is 15.1. The maximum Gasteiger partial charge on any atom is 0.338 e. The monoisotopic (exact) mass is 423 g/mol. The molecule has 0 aliphatic carbocycles. The average molecular weight is 424 g/mol. The van der Waals surface area contributed by atoms with Crippen LogP contribution in [0.5, 0.6) is 0 Å². The molecule has 31 heavy (non-hydrogen) atoms. The number of ether oxygens (including phenoxy) is 1. The van der Waals surface area contributed by atoms with Crippen LogP contribution in [0.1, 0.15) is 29.3 Å². The SMILES string of the molecule is CCCOC(=O)c1ccc(NC(=O)C[NH+]2CC[NH+](C/C=C/c3ccccc3)CC2)cc1. The highest BCUT2D eigenvalue weighted by atomic mass is 16.5. The van der Waals surface area contributed by atoms with Crippen LogP contribution in [-0.2, 0) is 9.53 Å². The zero-order valence-electron chi connectivity index (χ0n) is 18.2. The molecule has 1 amide bonds. The standard InChI is InChI=1S/C25H31N3O3/c1-2-19-31-25(30)22-10-12-23(13-11-22)26-24(29)20-28-17-15-27(16-18-28)14-6-9-21-7-4-3-5-8-21/h3-13H,2,14-20H2,1H3,(H,26,29)/p+2/b9-6+. The Morgan fingerprint density at radius 1 is 0.968 bits per heavy atom. The first kappa shape index (κ1) is 22.7. The molecule has 2 aromatic rings. The third-order valence-corrected chi connectivity index (χ3v) is 5.43. The number of quaternary nitrogens is 2. The van der Waals surface area contributed by atoms with Crippen LogP contribution in [0.15, 0.2) is 60.7 Å². The number of benzene rings is 2. The Hall–Kier alpha value is -2.96. The third-order valence-electron chi connectivity index (χ3n) is 5.43. The van der Waals surface area contributed by atoms with Gasteiger partial charge in [-0.3, -0.25) is 4.79 Å². The predicted octanol–water partition coefficient (Wildman–Crippen LogP) is 0.689. The molecular weight excluding hydrogens is 390 g/mol. The highest BCUT2D eigenvalue weighted by Gasteiger charge is 2.24. The molecule has 1 aliphatic rings. The van der Waals surface area contributed by atoms with Gasteiger partial charge in [-0.1, -0.05) is 43.3 Å². The maximum atomic E-state index is 12.4. The van der Waals surface area contributed by atoms with Crippen molar-refractivity contribution in [3.8, 4) is 0 Å². The largest absolute Gasteiger partial charge is 0.462 e. The number of hydrogen-bond acceptors (Lipinski definition) is 3. The number of piperazine rings is 1. The lowest BCUT2D eigenvalue weighted by Gasteiger charge is -2.28. The van der Waals surface area contributed by atoms with Crippen LogP contribution in [0.3, 0.4) is 0 Å². The molecule has 1 saturated heterocycles. The number of carbonyl (C=O) groups is 2. The second-order valence-electron chi connectivity index (χ2n) is 7.96. The molecule has 0 bridgehead atoms. The summed E-state index contributed by atoms with van der Waals surface area (Å²) in [5.74, 6) is -0.327. The number of esters is 1. The Morgan fingerprint density at radius 2 is 1.65 bits per heavy atom. The highest BCUT2D eigenvalue weighted by Crippen LogP contribution is 2.10. The quantitative estimate of drug-likeness (QED) is 0.520. The molecule has 6 heteroatoms. The van der Waals surface area contributed by atoms with Gasteiger partial charge in [0.1, 0.15) is 26.2 Å². The topological polar surface area (TPSA) is 64.3 Å². The summed E-state index contributed by atoms with van der Waals surface area (Å²) in [4.78, 5) is 27.1. The number of hydrogen-bond donors (Lipinski definition) is 3. The third kappa shape index (κ3) is 7.66. The van der Waals surface area contributed by atoms with E-state index in [0.29, 0.717) is 24.4 Å². The van der Waals surface area contributed by atoms with Crippen molar-refractivity contribution in [1.82, 2.24) is 0 Å². The number of carbonyl (C=O) groups excluding carboxylic acids is 2. The van der Waals surface area contributed by atoms with Crippen molar-refractivity contribution in [3.63, 3.8) is 0 Å². The Balaban J connectivity index is 1.37. The summed E-state index contributed by atoms with van der Waals surface area (Å²) < 4.78 is 5.12. The van der Waals surface area contributed by atoms with Crippen LogP contribution >= 0.6 is 0 Å². The van der Waals surface area contributed by atoms with Gasteiger partial charge in [0.25, 0.3) is 5.91 Å². The molecule has 1 fully saturated rings. The van der Waals surface area contributed by atoms with E-state index in [9.17, 15) is 9.59 Å². The summed E-state index contributed by atoms with van der Waals surface area (Å²) in [6, 6.07) is 17.2. The first-order valence-corrected chi connectivity index (χ1v) is 11.1. The summed E-state index contributed by atoms with van der Waals surface area (Å²) in [7, 11) is 0. The van der Waals surface area contributed by atoms with E-state index < -0.39 is 0 Å². The summed E-state index contributed by atoms with van der Waals surface area (Å²) in [5.41, 5.74) is 2.43. The van der Waals surface area contributed by atoms with E-state index in [-0.39, 0.29) is 11.9 Å². The summed E-state index contributed by atoms with van der Waals surface area (Å²) in [6.07, 6.45) is 5.21. The van der Waals surface area contributed by atoms with Crippen LogP contribution < -0.4 is 15.1 Å². The minimum absolute atomic E-state index is 0.00346. The molecule has 0 unspecified atom stereocenters. The fourth-order valence-electron chi connectivity index (χ4n) is 3.66. The number of nitrogens with one attached hydrogen (secondary N) is 3. The van der Waals surface area contributed by atoms with Crippen LogP contribution in [0.2, 0.25) is 0 Å². The van der Waals surface area contributed by atoms with Crippen molar-refractivity contribution in [3.05, 3.63) is 71.8 Å². The molecule has 0 atom stereocenters. The molecule has 0 saturated carbocycles. The summed E-state index contributed by atoms with van der Waals surface area (Å²) in [5, 5.41) is 2.93.